The largest absolute Gasteiger partial charge is 0.467 e. The molecule has 1 aliphatic carbocycles. The Morgan fingerprint density at radius 2 is 2.15 bits per heavy atom. The molecular weight excluding hydrogens is 276 g/mol. The topological polar surface area (TPSA) is 71.3 Å². The fourth-order valence-electron chi connectivity index (χ4n) is 1.76. The minimum atomic E-state index is -0.168. The number of rotatable bonds is 5. The molecule has 1 fully saturated rings. The van der Waals surface area contributed by atoms with Crippen LogP contribution in [0, 0.1) is 5.92 Å². The maximum atomic E-state index is 11.9. The van der Waals surface area contributed by atoms with Crippen LogP contribution >= 0.6 is 11.3 Å². The number of hydrogen-bond donors (Lipinski definition) is 2. The van der Waals surface area contributed by atoms with Crippen molar-refractivity contribution >= 4 is 28.2 Å². The highest BCUT2D eigenvalue weighted by atomic mass is 32.1. The van der Waals surface area contributed by atoms with E-state index in [9.17, 15) is 9.59 Å². The van der Waals surface area contributed by atoms with Gasteiger partial charge < -0.3 is 15.1 Å². The van der Waals surface area contributed by atoms with Gasteiger partial charge in [-0.2, -0.15) is 0 Å². The van der Waals surface area contributed by atoms with E-state index in [0.29, 0.717) is 22.2 Å². The van der Waals surface area contributed by atoms with Crippen molar-refractivity contribution in [3.63, 3.8) is 0 Å². The molecule has 20 heavy (non-hydrogen) atoms. The molecule has 0 saturated heterocycles. The molecule has 2 N–H and O–H groups in total. The van der Waals surface area contributed by atoms with E-state index in [1.807, 2.05) is 0 Å². The summed E-state index contributed by atoms with van der Waals surface area (Å²) in [6.45, 7) is 0.355. The summed E-state index contributed by atoms with van der Waals surface area (Å²) in [5.74, 6) is 0.748. The first-order valence-electron chi connectivity index (χ1n) is 6.43. The molecule has 5 nitrogen and oxygen atoms in total. The van der Waals surface area contributed by atoms with Gasteiger partial charge in [0.05, 0.1) is 22.7 Å². The van der Waals surface area contributed by atoms with Crippen molar-refractivity contribution in [2.45, 2.75) is 19.4 Å². The van der Waals surface area contributed by atoms with Crippen molar-refractivity contribution in [3.8, 4) is 0 Å². The second-order valence-electron chi connectivity index (χ2n) is 4.69. The third-order valence-electron chi connectivity index (χ3n) is 3.03. The normalized spacial score (nSPS) is 14.0. The lowest BCUT2D eigenvalue weighted by atomic mass is 10.4. The minimum Gasteiger partial charge on any atom is -0.467 e. The number of hydrogen-bond acceptors (Lipinski definition) is 4. The van der Waals surface area contributed by atoms with Gasteiger partial charge in [-0.15, -0.1) is 11.3 Å². The smallest absolute Gasteiger partial charge is 0.261 e. The van der Waals surface area contributed by atoms with Gasteiger partial charge in [-0.25, -0.2) is 0 Å². The van der Waals surface area contributed by atoms with Gasteiger partial charge in [-0.3, -0.25) is 9.59 Å². The number of carbonyl (C=O) groups excluding carboxylic acids is 2. The molecular formula is C14H14N2O3S. The van der Waals surface area contributed by atoms with Crippen LogP contribution in [0.4, 0.5) is 5.00 Å². The SMILES string of the molecule is O=C(NCc1ccco1)c1ccc(NC(=O)C2CC2)s1. The summed E-state index contributed by atoms with van der Waals surface area (Å²) >= 11 is 1.28. The van der Waals surface area contributed by atoms with Crippen LogP contribution in [0.15, 0.2) is 34.9 Å². The number of nitrogens with one attached hydrogen (secondary N) is 2. The molecule has 0 atom stereocenters. The summed E-state index contributed by atoms with van der Waals surface area (Å²) in [5.41, 5.74) is 0. The molecule has 0 radical (unpaired) electrons. The molecule has 2 aromatic rings. The number of carbonyl (C=O) groups is 2. The average Bonchev–Trinajstić information content (AvgIpc) is 2.98. The highest BCUT2D eigenvalue weighted by molar-refractivity contribution is 7.18. The Morgan fingerprint density at radius 3 is 2.85 bits per heavy atom. The second-order valence-corrected chi connectivity index (χ2v) is 5.77. The van der Waals surface area contributed by atoms with E-state index in [4.69, 9.17) is 4.42 Å². The predicted octanol–water partition coefficient (Wildman–Crippen LogP) is 2.62. The summed E-state index contributed by atoms with van der Waals surface area (Å²) in [5, 5.41) is 6.31. The Bertz CT molecular complexity index is 614. The number of thiophene rings is 1. The molecule has 0 unspecified atom stereocenters. The molecule has 3 rings (SSSR count). The van der Waals surface area contributed by atoms with Gasteiger partial charge in [0.25, 0.3) is 5.91 Å². The van der Waals surface area contributed by atoms with Gasteiger partial charge in [0.15, 0.2) is 0 Å². The number of amides is 2. The van der Waals surface area contributed by atoms with E-state index in [2.05, 4.69) is 10.6 Å². The second kappa shape index (κ2) is 5.50. The maximum absolute atomic E-state index is 11.9. The Hall–Kier alpha value is -2.08. The van der Waals surface area contributed by atoms with E-state index in [1.165, 1.54) is 11.3 Å². The lowest BCUT2D eigenvalue weighted by Crippen LogP contribution is -2.21. The molecule has 2 heterocycles. The third kappa shape index (κ3) is 3.08. The molecule has 2 amide bonds. The molecule has 0 spiro atoms. The van der Waals surface area contributed by atoms with Crippen LogP contribution < -0.4 is 10.6 Å². The van der Waals surface area contributed by atoms with E-state index < -0.39 is 0 Å². The van der Waals surface area contributed by atoms with Crippen LogP contribution in [0.5, 0.6) is 0 Å². The van der Waals surface area contributed by atoms with Crippen LogP contribution in [0.25, 0.3) is 0 Å². The fourth-order valence-corrected chi connectivity index (χ4v) is 2.59. The van der Waals surface area contributed by atoms with Crippen LogP contribution in [0.1, 0.15) is 28.3 Å². The third-order valence-corrected chi connectivity index (χ3v) is 4.03. The molecule has 0 aromatic carbocycles. The van der Waals surface area contributed by atoms with Crippen LogP contribution in [-0.4, -0.2) is 11.8 Å². The molecule has 1 saturated carbocycles. The quantitative estimate of drug-likeness (QED) is 0.889. The minimum absolute atomic E-state index is 0.0504. The summed E-state index contributed by atoms with van der Waals surface area (Å²) < 4.78 is 5.14. The Labute approximate surface area is 120 Å². The number of furan rings is 1. The maximum Gasteiger partial charge on any atom is 0.261 e. The van der Waals surface area contributed by atoms with E-state index in [-0.39, 0.29) is 17.7 Å². The molecule has 1 aliphatic rings. The summed E-state index contributed by atoms with van der Waals surface area (Å²) in [6.07, 6.45) is 3.50. The van der Waals surface area contributed by atoms with Gasteiger partial charge in [0, 0.05) is 5.92 Å². The summed E-state index contributed by atoms with van der Waals surface area (Å²) in [4.78, 5) is 24.1. The van der Waals surface area contributed by atoms with Gasteiger partial charge in [-0.1, -0.05) is 0 Å². The lowest BCUT2D eigenvalue weighted by molar-refractivity contribution is -0.117. The zero-order valence-electron chi connectivity index (χ0n) is 10.7. The number of anilines is 1. The summed E-state index contributed by atoms with van der Waals surface area (Å²) in [7, 11) is 0. The molecule has 104 valence electrons. The highest BCUT2D eigenvalue weighted by Gasteiger charge is 2.29. The van der Waals surface area contributed by atoms with Gasteiger partial charge in [0.1, 0.15) is 5.76 Å². The van der Waals surface area contributed by atoms with Crippen molar-refractivity contribution in [2.75, 3.05) is 5.32 Å². The predicted molar refractivity (Wildman–Crippen MR) is 75.6 cm³/mol. The standard InChI is InChI=1S/C14H14N2O3S/c17-13(9-3-4-9)16-12-6-5-11(20-12)14(18)15-8-10-2-1-7-19-10/h1-2,5-7,9H,3-4,8H2,(H,15,18)(H,16,17). The average molecular weight is 290 g/mol. The van der Waals surface area contributed by atoms with Gasteiger partial charge in [-0.05, 0) is 37.1 Å². The zero-order valence-corrected chi connectivity index (χ0v) is 11.5. The van der Waals surface area contributed by atoms with Crippen molar-refractivity contribution in [3.05, 3.63) is 41.2 Å². The molecule has 6 heteroatoms. The Kier molecular flexibility index (Phi) is 3.56. The van der Waals surface area contributed by atoms with Gasteiger partial charge >= 0.3 is 0 Å². The monoisotopic (exact) mass is 290 g/mol. The van der Waals surface area contributed by atoms with Gasteiger partial charge in [0.2, 0.25) is 5.91 Å². The van der Waals surface area contributed by atoms with Crippen molar-refractivity contribution in [1.29, 1.82) is 0 Å². The van der Waals surface area contributed by atoms with Crippen molar-refractivity contribution in [1.82, 2.24) is 5.32 Å². The lowest BCUT2D eigenvalue weighted by Gasteiger charge is -2.01. The van der Waals surface area contributed by atoms with Crippen LogP contribution in [-0.2, 0) is 11.3 Å². The van der Waals surface area contributed by atoms with Crippen molar-refractivity contribution in [2.24, 2.45) is 5.92 Å². The van der Waals surface area contributed by atoms with E-state index >= 15 is 0 Å². The summed E-state index contributed by atoms with van der Waals surface area (Å²) in [6, 6.07) is 7.05. The Balaban J connectivity index is 1.55. The van der Waals surface area contributed by atoms with Crippen molar-refractivity contribution < 1.29 is 14.0 Å². The molecule has 2 aromatic heterocycles. The Morgan fingerprint density at radius 1 is 1.30 bits per heavy atom. The molecule has 0 aliphatic heterocycles. The highest BCUT2D eigenvalue weighted by Crippen LogP contribution is 2.31. The zero-order chi connectivity index (χ0) is 13.9. The first kappa shape index (κ1) is 12.9. The first-order valence-corrected chi connectivity index (χ1v) is 7.25. The fraction of sp³-hybridized carbons (Fsp3) is 0.286. The first-order chi connectivity index (χ1) is 9.72. The molecule has 0 bridgehead atoms. The van der Waals surface area contributed by atoms with Crippen LogP contribution in [0.2, 0.25) is 0 Å². The van der Waals surface area contributed by atoms with Crippen LogP contribution in [0.3, 0.4) is 0 Å². The van der Waals surface area contributed by atoms with E-state index in [0.717, 1.165) is 12.8 Å². The van der Waals surface area contributed by atoms with E-state index in [1.54, 1.807) is 30.5 Å².